The van der Waals surface area contributed by atoms with Gasteiger partial charge in [0.25, 0.3) is 0 Å². The number of hydrogen-bond acceptors (Lipinski definition) is 5. The molecule has 1 fully saturated rings. The molecule has 0 unspecified atom stereocenters. The van der Waals surface area contributed by atoms with Crippen LogP contribution in [-0.2, 0) is 19.6 Å². The van der Waals surface area contributed by atoms with Gasteiger partial charge in [0, 0.05) is 26.2 Å². The molecule has 0 radical (unpaired) electrons. The molecule has 9 heteroatoms. The summed E-state index contributed by atoms with van der Waals surface area (Å²) >= 11 is 5.59. The molecule has 140 valence electrons. The van der Waals surface area contributed by atoms with Crippen molar-refractivity contribution in [3.8, 4) is 0 Å². The van der Waals surface area contributed by atoms with E-state index in [1.807, 2.05) is 0 Å². The fourth-order valence-electron chi connectivity index (χ4n) is 2.75. The maximum Gasteiger partial charge on any atom is 0.243 e. The van der Waals surface area contributed by atoms with Crippen molar-refractivity contribution in [1.29, 1.82) is 0 Å². The van der Waals surface area contributed by atoms with Gasteiger partial charge in [0.2, 0.25) is 15.9 Å². The fourth-order valence-corrected chi connectivity index (χ4v) is 4.30. The molecule has 0 aliphatic carbocycles. The zero-order valence-electron chi connectivity index (χ0n) is 14.5. The molecule has 0 atom stereocenters. The van der Waals surface area contributed by atoms with Crippen LogP contribution in [0.4, 0.5) is 11.4 Å². The lowest BCUT2D eigenvalue weighted by Gasteiger charge is -2.31. The summed E-state index contributed by atoms with van der Waals surface area (Å²) in [5, 5.41) is 2.71. The van der Waals surface area contributed by atoms with Crippen molar-refractivity contribution in [2.24, 2.45) is 0 Å². The summed E-state index contributed by atoms with van der Waals surface area (Å²) in [6.07, 6.45) is 0. The normalized spacial score (nSPS) is 15.4. The topological polar surface area (TPSA) is 79.0 Å². The van der Waals surface area contributed by atoms with E-state index in [2.05, 4.69) is 10.2 Å². The number of hydrogen-bond donors (Lipinski definition) is 1. The Morgan fingerprint density at radius 1 is 1.28 bits per heavy atom. The van der Waals surface area contributed by atoms with Gasteiger partial charge in [0.15, 0.2) is 0 Å². The van der Waals surface area contributed by atoms with E-state index in [0.717, 1.165) is 5.69 Å². The Morgan fingerprint density at radius 3 is 2.48 bits per heavy atom. The van der Waals surface area contributed by atoms with Crippen molar-refractivity contribution >= 4 is 38.9 Å². The van der Waals surface area contributed by atoms with Crippen LogP contribution in [-0.4, -0.2) is 63.9 Å². The summed E-state index contributed by atoms with van der Waals surface area (Å²) in [5.41, 5.74) is 1.21. The van der Waals surface area contributed by atoms with Crippen molar-refractivity contribution in [3.05, 3.63) is 18.2 Å². The Bertz CT molecular complexity index is 701. The molecule has 0 spiro atoms. The highest BCUT2D eigenvalue weighted by Gasteiger charge is 2.24. The molecule has 1 aliphatic heterocycles. The highest BCUT2D eigenvalue weighted by Crippen LogP contribution is 2.31. The van der Waals surface area contributed by atoms with Crippen molar-refractivity contribution in [3.63, 3.8) is 0 Å². The van der Waals surface area contributed by atoms with Gasteiger partial charge in [0.05, 0.1) is 29.5 Å². The number of nitrogens with zero attached hydrogens (tertiary/aromatic N) is 2. The number of halogens is 1. The Kier molecular flexibility index (Phi) is 7.06. The van der Waals surface area contributed by atoms with E-state index in [-0.39, 0.29) is 16.7 Å². The molecule has 0 bridgehead atoms. The van der Waals surface area contributed by atoms with Crippen LogP contribution in [0, 0.1) is 0 Å². The third-order valence-corrected chi connectivity index (χ3v) is 6.35. The van der Waals surface area contributed by atoms with Gasteiger partial charge in [0.1, 0.15) is 5.88 Å². The molecule has 2 rings (SSSR count). The van der Waals surface area contributed by atoms with Gasteiger partial charge in [-0.15, -0.1) is 11.6 Å². The largest absolute Gasteiger partial charge is 0.378 e. The number of benzene rings is 1. The first-order valence-corrected chi connectivity index (χ1v) is 10.2. The van der Waals surface area contributed by atoms with E-state index in [4.69, 9.17) is 16.3 Å². The van der Waals surface area contributed by atoms with Crippen molar-refractivity contribution < 1.29 is 17.9 Å². The van der Waals surface area contributed by atoms with E-state index in [1.54, 1.807) is 26.0 Å². The Labute approximate surface area is 153 Å². The summed E-state index contributed by atoms with van der Waals surface area (Å²) in [6, 6.07) is 4.81. The molecule has 1 saturated heterocycles. The maximum absolute atomic E-state index is 12.7. The van der Waals surface area contributed by atoms with Crippen LogP contribution in [0.15, 0.2) is 23.1 Å². The van der Waals surface area contributed by atoms with E-state index >= 15 is 0 Å². The first kappa shape index (κ1) is 20.0. The standard InChI is InChI=1S/C16H24ClN3O4S/c1-3-20(4-2)25(22,23)13-5-6-15(19-7-9-24-10-8-19)14(11-13)18-16(21)12-17/h5-6,11H,3-4,7-10,12H2,1-2H3,(H,18,21). The first-order valence-electron chi connectivity index (χ1n) is 8.26. The number of anilines is 2. The third kappa shape index (κ3) is 4.63. The maximum atomic E-state index is 12.7. The summed E-state index contributed by atoms with van der Waals surface area (Å²) in [7, 11) is -3.61. The van der Waals surface area contributed by atoms with Crippen LogP contribution in [0.25, 0.3) is 0 Å². The predicted octanol–water partition coefficient (Wildman–Crippen LogP) is 1.73. The third-order valence-electron chi connectivity index (χ3n) is 4.06. The van der Waals surface area contributed by atoms with E-state index in [9.17, 15) is 13.2 Å². The highest BCUT2D eigenvalue weighted by molar-refractivity contribution is 7.89. The van der Waals surface area contributed by atoms with Gasteiger partial charge in [-0.3, -0.25) is 4.79 Å². The van der Waals surface area contributed by atoms with Crippen LogP contribution >= 0.6 is 11.6 Å². The van der Waals surface area contributed by atoms with Crippen LogP contribution in [0.1, 0.15) is 13.8 Å². The average Bonchev–Trinajstić information content (AvgIpc) is 2.63. The zero-order chi connectivity index (χ0) is 18.4. The number of morpholine rings is 1. The lowest BCUT2D eigenvalue weighted by atomic mass is 10.2. The summed E-state index contributed by atoms with van der Waals surface area (Å²) in [4.78, 5) is 14.0. The summed E-state index contributed by atoms with van der Waals surface area (Å²) in [6.45, 7) is 6.86. The van der Waals surface area contributed by atoms with Crippen LogP contribution < -0.4 is 10.2 Å². The van der Waals surface area contributed by atoms with Crippen LogP contribution in [0.3, 0.4) is 0 Å². The molecule has 1 aromatic carbocycles. The van der Waals surface area contributed by atoms with Crippen LogP contribution in [0.2, 0.25) is 0 Å². The molecule has 1 aromatic rings. The smallest absolute Gasteiger partial charge is 0.243 e. The Balaban J connectivity index is 2.44. The number of nitrogens with one attached hydrogen (secondary N) is 1. The molecule has 0 saturated carbocycles. The van der Waals surface area contributed by atoms with Gasteiger partial charge in [-0.1, -0.05) is 13.8 Å². The number of amides is 1. The number of carbonyl (C=O) groups excluding carboxylic acids is 1. The minimum Gasteiger partial charge on any atom is -0.378 e. The molecule has 25 heavy (non-hydrogen) atoms. The number of alkyl halides is 1. The summed E-state index contributed by atoms with van der Waals surface area (Å²) in [5.74, 6) is -0.580. The Morgan fingerprint density at radius 2 is 1.92 bits per heavy atom. The quantitative estimate of drug-likeness (QED) is 0.718. The first-order chi connectivity index (χ1) is 11.9. The van der Waals surface area contributed by atoms with Crippen molar-refractivity contribution in [1.82, 2.24) is 4.31 Å². The molecule has 1 amide bonds. The molecule has 7 nitrogen and oxygen atoms in total. The number of sulfonamides is 1. The van der Waals surface area contributed by atoms with Gasteiger partial charge in [-0.2, -0.15) is 4.31 Å². The molecule has 1 aliphatic rings. The summed E-state index contributed by atoms with van der Waals surface area (Å²) < 4.78 is 32.2. The number of rotatable bonds is 7. The van der Waals surface area contributed by atoms with E-state index in [1.165, 1.54) is 10.4 Å². The second kappa shape index (κ2) is 8.84. The van der Waals surface area contributed by atoms with E-state index < -0.39 is 10.0 Å². The van der Waals surface area contributed by atoms with Gasteiger partial charge in [-0.05, 0) is 18.2 Å². The average molecular weight is 390 g/mol. The lowest BCUT2D eigenvalue weighted by molar-refractivity contribution is -0.113. The predicted molar refractivity (Wildman–Crippen MR) is 98.9 cm³/mol. The number of carbonyl (C=O) groups is 1. The lowest BCUT2D eigenvalue weighted by Crippen LogP contribution is -2.37. The van der Waals surface area contributed by atoms with Gasteiger partial charge in [-0.25, -0.2) is 8.42 Å². The van der Waals surface area contributed by atoms with Gasteiger partial charge >= 0.3 is 0 Å². The minimum absolute atomic E-state index is 0.151. The van der Waals surface area contributed by atoms with Gasteiger partial charge < -0.3 is 15.0 Å². The van der Waals surface area contributed by atoms with E-state index in [0.29, 0.717) is 45.1 Å². The minimum atomic E-state index is -3.61. The molecule has 1 heterocycles. The SMILES string of the molecule is CCN(CC)S(=O)(=O)c1ccc(N2CCOCC2)c(NC(=O)CCl)c1. The number of ether oxygens (including phenoxy) is 1. The Hall–Kier alpha value is -1.35. The second-order valence-corrected chi connectivity index (χ2v) is 7.75. The monoisotopic (exact) mass is 389 g/mol. The second-order valence-electron chi connectivity index (χ2n) is 5.55. The zero-order valence-corrected chi connectivity index (χ0v) is 16.1. The molecular formula is C16H24ClN3O4S. The molecule has 0 aromatic heterocycles. The van der Waals surface area contributed by atoms with Crippen molar-refractivity contribution in [2.75, 3.05) is 55.5 Å². The fraction of sp³-hybridized carbons (Fsp3) is 0.562. The van der Waals surface area contributed by atoms with Crippen LogP contribution in [0.5, 0.6) is 0 Å². The molecular weight excluding hydrogens is 366 g/mol. The highest BCUT2D eigenvalue weighted by atomic mass is 35.5. The van der Waals surface area contributed by atoms with Crippen molar-refractivity contribution in [2.45, 2.75) is 18.7 Å². The molecule has 1 N–H and O–H groups in total.